The van der Waals surface area contributed by atoms with Gasteiger partial charge < -0.3 is 40.7 Å². The maximum absolute atomic E-state index is 10.7. The summed E-state index contributed by atoms with van der Waals surface area (Å²) in [6.07, 6.45) is -5.23. The van der Waals surface area contributed by atoms with Gasteiger partial charge in [0.25, 0.3) is 13.8 Å². The van der Waals surface area contributed by atoms with Gasteiger partial charge in [-0.2, -0.15) is 4.98 Å². The number of imidazole rings is 1. The molecule has 1 saturated heterocycles. The number of hydrogen-bond acceptors (Lipinski definition) is 10. The standard InChI is InChI=1S/C11H17N6O7P/c1-3-14-5-8(12)15-11(13)16-9(5)17(3)10-7(19)6(18)4(24-10)2-23-25(20,21)22/h4,6-7,10,18-19H,2H2,1H3,(H6,12,13,15,16,20,21,22). The molecule has 0 aromatic carbocycles. The van der Waals surface area contributed by atoms with Crippen molar-refractivity contribution in [3.8, 4) is 0 Å². The summed E-state index contributed by atoms with van der Waals surface area (Å²) >= 11 is 0. The second-order valence-corrected chi connectivity index (χ2v) is 6.75. The average molecular weight is 376 g/mol. The number of phosphoric ester groups is 1. The van der Waals surface area contributed by atoms with Crippen LogP contribution in [0.3, 0.4) is 0 Å². The van der Waals surface area contributed by atoms with E-state index >= 15 is 0 Å². The van der Waals surface area contributed by atoms with E-state index in [0.29, 0.717) is 11.3 Å². The summed E-state index contributed by atoms with van der Waals surface area (Å²) in [6.45, 7) is 0.969. The summed E-state index contributed by atoms with van der Waals surface area (Å²) in [6, 6.07) is 0. The molecule has 3 heterocycles. The first-order valence-corrected chi connectivity index (χ1v) is 8.61. The van der Waals surface area contributed by atoms with Gasteiger partial charge in [-0.15, -0.1) is 0 Å². The van der Waals surface area contributed by atoms with E-state index in [9.17, 15) is 19.7 Å². The SMILES string of the molecule is Cc1[nH]c2c(N)nc(N)nc2[n+]1C1OC(COP(=O)([O-])O)C(O)C1O. The first-order valence-electron chi connectivity index (χ1n) is 7.11. The molecule has 25 heavy (non-hydrogen) atoms. The topological polar surface area (TPSA) is 217 Å². The third kappa shape index (κ3) is 3.30. The number of anilines is 2. The van der Waals surface area contributed by atoms with Gasteiger partial charge in [-0.05, 0) is 0 Å². The highest BCUT2D eigenvalue weighted by Crippen LogP contribution is 2.34. The summed E-state index contributed by atoms with van der Waals surface area (Å²) in [5.74, 6) is 0.458. The zero-order valence-electron chi connectivity index (χ0n) is 12.9. The number of nitrogens with zero attached hydrogens (tertiary/aromatic N) is 3. The van der Waals surface area contributed by atoms with Crippen molar-refractivity contribution in [1.29, 1.82) is 0 Å². The van der Waals surface area contributed by atoms with Crippen LogP contribution in [0.25, 0.3) is 11.2 Å². The van der Waals surface area contributed by atoms with E-state index < -0.39 is 39.0 Å². The molecular weight excluding hydrogens is 359 g/mol. The molecule has 138 valence electrons. The van der Waals surface area contributed by atoms with Crippen molar-refractivity contribution in [2.24, 2.45) is 0 Å². The highest BCUT2D eigenvalue weighted by atomic mass is 31.2. The number of aryl methyl sites for hydroxylation is 1. The van der Waals surface area contributed by atoms with E-state index in [4.69, 9.17) is 21.1 Å². The van der Waals surface area contributed by atoms with Crippen molar-refractivity contribution < 1.29 is 38.4 Å². The number of hydrogen-bond donors (Lipinski definition) is 6. The maximum atomic E-state index is 10.7. The molecule has 3 rings (SSSR count). The summed E-state index contributed by atoms with van der Waals surface area (Å²) < 4.78 is 21.8. The Labute approximate surface area is 140 Å². The number of aliphatic hydroxyl groups is 2. The van der Waals surface area contributed by atoms with Crippen LogP contribution in [0, 0.1) is 6.92 Å². The van der Waals surface area contributed by atoms with Crippen LogP contribution in [-0.2, 0) is 13.8 Å². The lowest BCUT2D eigenvalue weighted by molar-refractivity contribution is -0.750. The van der Waals surface area contributed by atoms with Crippen molar-refractivity contribution >= 4 is 30.8 Å². The van der Waals surface area contributed by atoms with Gasteiger partial charge in [0, 0.05) is 6.92 Å². The van der Waals surface area contributed by atoms with Crippen LogP contribution in [0.1, 0.15) is 12.1 Å². The van der Waals surface area contributed by atoms with Crippen LogP contribution in [0.15, 0.2) is 0 Å². The van der Waals surface area contributed by atoms with Crippen molar-refractivity contribution in [3.63, 3.8) is 0 Å². The fraction of sp³-hybridized carbons (Fsp3) is 0.545. The number of nitrogens with two attached hydrogens (primary N) is 2. The number of aromatic amines is 1. The lowest BCUT2D eigenvalue weighted by Gasteiger charge is -2.19. The van der Waals surface area contributed by atoms with Gasteiger partial charge in [-0.1, -0.05) is 4.98 Å². The number of aliphatic hydroxyl groups excluding tert-OH is 2. The molecule has 8 N–H and O–H groups in total. The molecule has 0 aliphatic carbocycles. The summed E-state index contributed by atoms with van der Waals surface area (Å²) in [5, 5.41) is 20.3. The molecule has 1 aliphatic rings. The van der Waals surface area contributed by atoms with E-state index in [1.54, 1.807) is 6.92 Å². The zero-order chi connectivity index (χ0) is 18.5. The van der Waals surface area contributed by atoms with Crippen LogP contribution in [0.5, 0.6) is 0 Å². The van der Waals surface area contributed by atoms with Crippen LogP contribution in [-0.4, -0.2) is 55.0 Å². The van der Waals surface area contributed by atoms with E-state index in [1.165, 1.54) is 4.57 Å². The Morgan fingerprint density at radius 2 is 2.08 bits per heavy atom. The monoisotopic (exact) mass is 376 g/mol. The fourth-order valence-electron chi connectivity index (χ4n) is 2.74. The van der Waals surface area contributed by atoms with Gasteiger partial charge in [0.05, 0.1) is 6.61 Å². The minimum atomic E-state index is -5.00. The van der Waals surface area contributed by atoms with Crippen molar-refractivity contribution in [2.45, 2.75) is 31.5 Å². The van der Waals surface area contributed by atoms with E-state index in [1.807, 2.05) is 0 Å². The molecule has 2 aromatic heterocycles. The molecule has 0 saturated carbocycles. The van der Waals surface area contributed by atoms with Crippen molar-refractivity contribution in [2.75, 3.05) is 18.1 Å². The normalized spacial score (nSPS) is 29.2. The summed E-state index contributed by atoms with van der Waals surface area (Å²) in [5.41, 5.74) is 12.0. The van der Waals surface area contributed by atoms with Gasteiger partial charge in [0.2, 0.25) is 17.6 Å². The molecular formula is C11H17N6O7P. The molecule has 1 fully saturated rings. The van der Waals surface area contributed by atoms with Crippen LogP contribution in [0.4, 0.5) is 11.8 Å². The number of fused-ring (bicyclic) bond motifs is 1. The van der Waals surface area contributed by atoms with E-state index in [2.05, 4.69) is 19.5 Å². The first-order chi connectivity index (χ1) is 11.6. The molecule has 0 radical (unpaired) electrons. The van der Waals surface area contributed by atoms with Gasteiger partial charge in [0.1, 0.15) is 18.3 Å². The maximum Gasteiger partial charge on any atom is 0.312 e. The smallest absolute Gasteiger partial charge is 0.312 e. The average Bonchev–Trinajstić information content (AvgIpc) is 2.95. The number of rotatable bonds is 4. The van der Waals surface area contributed by atoms with Gasteiger partial charge in [-0.25, -0.2) is 4.57 Å². The van der Waals surface area contributed by atoms with Crippen LogP contribution >= 0.6 is 7.82 Å². The highest BCUT2D eigenvalue weighted by Gasteiger charge is 2.47. The van der Waals surface area contributed by atoms with Crippen molar-refractivity contribution in [3.05, 3.63) is 5.82 Å². The quantitative estimate of drug-likeness (QED) is 0.231. The fourth-order valence-corrected chi connectivity index (χ4v) is 3.07. The second-order valence-electron chi connectivity index (χ2n) is 5.56. The third-order valence-electron chi connectivity index (χ3n) is 3.82. The van der Waals surface area contributed by atoms with Crippen LogP contribution in [0.2, 0.25) is 0 Å². The Bertz CT molecular complexity index is 853. The Hall–Kier alpha value is -1.86. The van der Waals surface area contributed by atoms with Crippen LogP contribution < -0.4 is 20.9 Å². The lowest BCUT2D eigenvalue weighted by atomic mass is 10.1. The Balaban J connectivity index is 1.95. The second kappa shape index (κ2) is 6.14. The Morgan fingerprint density at radius 3 is 2.72 bits per heavy atom. The molecule has 5 unspecified atom stereocenters. The molecule has 5 atom stereocenters. The Kier molecular flexibility index (Phi) is 4.41. The number of nitrogens with one attached hydrogen (secondary N) is 1. The molecule has 14 heteroatoms. The lowest BCUT2D eigenvalue weighted by Crippen LogP contribution is -2.48. The first kappa shape index (κ1) is 17.9. The summed E-state index contributed by atoms with van der Waals surface area (Å²) in [4.78, 5) is 30.1. The predicted octanol–water partition coefficient (Wildman–Crippen LogP) is -3.19. The predicted molar refractivity (Wildman–Crippen MR) is 79.3 cm³/mol. The zero-order valence-corrected chi connectivity index (χ0v) is 13.8. The van der Waals surface area contributed by atoms with E-state index in [-0.39, 0.29) is 17.4 Å². The number of H-pyrrole nitrogens is 1. The third-order valence-corrected chi connectivity index (χ3v) is 4.30. The minimum absolute atomic E-state index is 0.0878. The summed E-state index contributed by atoms with van der Waals surface area (Å²) in [7, 11) is -5.00. The number of nitrogen functional groups attached to an aromatic ring is 2. The molecule has 0 spiro atoms. The van der Waals surface area contributed by atoms with Crippen molar-refractivity contribution in [1.82, 2.24) is 15.0 Å². The van der Waals surface area contributed by atoms with E-state index in [0.717, 1.165) is 0 Å². The molecule has 2 aromatic rings. The number of ether oxygens (including phenoxy) is 1. The molecule has 0 bridgehead atoms. The van der Waals surface area contributed by atoms with Gasteiger partial charge in [0.15, 0.2) is 5.82 Å². The highest BCUT2D eigenvalue weighted by molar-refractivity contribution is 7.44. The van der Waals surface area contributed by atoms with Gasteiger partial charge >= 0.3 is 5.65 Å². The molecule has 0 amide bonds. The number of aromatic nitrogens is 4. The van der Waals surface area contributed by atoms with Gasteiger partial charge in [-0.3, -0.25) is 9.55 Å². The largest absolute Gasteiger partial charge is 0.756 e. The Morgan fingerprint density at radius 1 is 1.40 bits per heavy atom. The molecule has 13 nitrogen and oxygen atoms in total. The number of phosphoric acid groups is 1. The minimum Gasteiger partial charge on any atom is -0.756 e. The molecule has 1 aliphatic heterocycles.